The van der Waals surface area contributed by atoms with Crippen LogP contribution in [0, 0.1) is 12.8 Å². The van der Waals surface area contributed by atoms with E-state index in [9.17, 15) is 4.79 Å². The number of likely N-dealkylation sites (tertiary alicyclic amines) is 1. The normalized spacial score (nSPS) is 20.1. The van der Waals surface area contributed by atoms with Crippen LogP contribution in [0.3, 0.4) is 0 Å². The minimum absolute atomic E-state index is 0.0863. The highest BCUT2D eigenvalue weighted by atomic mass is 16.2. The molecule has 1 aromatic carbocycles. The molecule has 1 aliphatic heterocycles. The first kappa shape index (κ1) is 15.0. The summed E-state index contributed by atoms with van der Waals surface area (Å²) in [7, 11) is 0. The first-order chi connectivity index (χ1) is 9.65. The minimum Gasteiger partial charge on any atom is -0.335 e. The summed E-state index contributed by atoms with van der Waals surface area (Å²) in [6, 6.07) is 8.69. The number of carbonyl (C=O) groups excluding carboxylic acids is 1. The van der Waals surface area contributed by atoms with Crippen LogP contribution in [0.4, 0.5) is 0 Å². The van der Waals surface area contributed by atoms with Gasteiger partial charge < -0.3 is 10.6 Å². The van der Waals surface area contributed by atoms with Crippen LogP contribution in [-0.4, -0.2) is 23.9 Å². The zero-order valence-electron chi connectivity index (χ0n) is 12.6. The standard InChI is InChI=1S/C17H26N2O/c1-13-7-3-4-9-15(13)16-10-6-12-19(16)17(20)14(2)8-5-11-18/h3-4,7,9,14,16H,5-6,8,10-12,18H2,1-2H3. The summed E-state index contributed by atoms with van der Waals surface area (Å²) in [6.45, 7) is 5.73. The number of aryl methyl sites for hydroxylation is 1. The van der Waals surface area contributed by atoms with Crippen molar-refractivity contribution in [3.8, 4) is 0 Å². The lowest BCUT2D eigenvalue weighted by atomic mass is 9.97. The molecule has 3 heteroatoms. The Bertz CT molecular complexity index is 458. The zero-order chi connectivity index (χ0) is 14.5. The predicted octanol–water partition coefficient (Wildman–Crippen LogP) is 3.03. The number of rotatable bonds is 5. The van der Waals surface area contributed by atoms with Gasteiger partial charge in [-0.25, -0.2) is 0 Å². The van der Waals surface area contributed by atoms with E-state index in [1.807, 2.05) is 6.92 Å². The van der Waals surface area contributed by atoms with E-state index >= 15 is 0 Å². The molecular formula is C17H26N2O. The Labute approximate surface area is 122 Å². The van der Waals surface area contributed by atoms with E-state index in [1.165, 1.54) is 11.1 Å². The molecule has 110 valence electrons. The van der Waals surface area contributed by atoms with Crippen LogP contribution >= 0.6 is 0 Å². The Morgan fingerprint density at radius 2 is 2.20 bits per heavy atom. The number of amides is 1. The van der Waals surface area contributed by atoms with Crippen molar-refractivity contribution < 1.29 is 4.79 Å². The van der Waals surface area contributed by atoms with E-state index in [1.54, 1.807) is 0 Å². The van der Waals surface area contributed by atoms with Crippen molar-refractivity contribution in [2.24, 2.45) is 11.7 Å². The Hall–Kier alpha value is -1.35. The van der Waals surface area contributed by atoms with E-state index in [0.29, 0.717) is 12.5 Å². The highest BCUT2D eigenvalue weighted by Crippen LogP contribution is 2.34. The lowest BCUT2D eigenvalue weighted by Crippen LogP contribution is -2.35. The summed E-state index contributed by atoms with van der Waals surface area (Å²) in [5.74, 6) is 0.382. The molecule has 1 saturated heterocycles. The topological polar surface area (TPSA) is 46.3 Å². The van der Waals surface area contributed by atoms with Gasteiger partial charge in [-0.1, -0.05) is 31.2 Å². The molecule has 0 aliphatic carbocycles. The molecule has 0 spiro atoms. The fourth-order valence-corrected chi connectivity index (χ4v) is 3.15. The van der Waals surface area contributed by atoms with Gasteiger partial charge in [0, 0.05) is 12.5 Å². The molecule has 0 aromatic heterocycles. The third kappa shape index (κ3) is 3.21. The van der Waals surface area contributed by atoms with Crippen LogP contribution in [0.5, 0.6) is 0 Å². The maximum absolute atomic E-state index is 12.6. The third-order valence-corrected chi connectivity index (χ3v) is 4.35. The fourth-order valence-electron chi connectivity index (χ4n) is 3.15. The smallest absolute Gasteiger partial charge is 0.225 e. The van der Waals surface area contributed by atoms with Gasteiger partial charge in [-0.2, -0.15) is 0 Å². The first-order valence-electron chi connectivity index (χ1n) is 7.71. The van der Waals surface area contributed by atoms with Gasteiger partial charge >= 0.3 is 0 Å². The fraction of sp³-hybridized carbons (Fsp3) is 0.588. The van der Waals surface area contributed by atoms with Crippen LogP contribution in [-0.2, 0) is 4.79 Å². The highest BCUT2D eigenvalue weighted by molar-refractivity contribution is 5.79. The van der Waals surface area contributed by atoms with Crippen LogP contribution in [0.1, 0.15) is 49.8 Å². The van der Waals surface area contributed by atoms with Gasteiger partial charge in [0.25, 0.3) is 0 Å². The van der Waals surface area contributed by atoms with Crippen LogP contribution in [0.25, 0.3) is 0 Å². The van der Waals surface area contributed by atoms with Crippen molar-refractivity contribution in [3.63, 3.8) is 0 Å². The summed E-state index contributed by atoms with van der Waals surface area (Å²) >= 11 is 0. The average molecular weight is 274 g/mol. The molecule has 1 fully saturated rings. The summed E-state index contributed by atoms with van der Waals surface area (Å²) in [4.78, 5) is 14.7. The van der Waals surface area contributed by atoms with Gasteiger partial charge in [-0.3, -0.25) is 4.79 Å². The van der Waals surface area contributed by atoms with Crippen molar-refractivity contribution in [1.82, 2.24) is 4.90 Å². The Morgan fingerprint density at radius 3 is 2.90 bits per heavy atom. The second-order valence-electron chi connectivity index (χ2n) is 5.88. The molecule has 3 nitrogen and oxygen atoms in total. The second kappa shape index (κ2) is 6.89. The molecule has 1 aromatic rings. The Morgan fingerprint density at radius 1 is 1.45 bits per heavy atom. The van der Waals surface area contributed by atoms with Crippen molar-refractivity contribution in [2.75, 3.05) is 13.1 Å². The molecule has 1 aliphatic rings. The molecule has 1 amide bonds. The molecule has 2 rings (SSSR count). The summed E-state index contributed by atoms with van der Waals surface area (Å²) in [6.07, 6.45) is 4.01. The molecule has 20 heavy (non-hydrogen) atoms. The van der Waals surface area contributed by atoms with E-state index in [-0.39, 0.29) is 12.0 Å². The third-order valence-electron chi connectivity index (χ3n) is 4.35. The minimum atomic E-state index is 0.0863. The molecule has 2 N–H and O–H groups in total. The Balaban J connectivity index is 2.11. The van der Waals surface area contributed by atoms with Crippen molar-refractivity contribution >= 4 is 5.91 Å². The van der Waals surface area contributed by atoms with Gasteiger partial charge in [0.15, 0.2) is 0 Å². The van der Waals surface area contributed by atoms with Gasteiger partial charge in [0.05, 0.1) is 6.04 Å². The average Bonchev–Trinajstić information content (AvgIpc) is 2.93. The van der Waals surface area contributed by atoms with E-state index in [0.717, 1.165) is 32.2 Å². The number of hydrogen-bond donors (Lipinski definition) is 1. The predicted molar refractivity (Wildman–Crippen MR) is 82.3 cm³/mol. The quantitative estimate of drug-likeness (QED) is 0.897. The number of nitrogens with zero attached hydrogens (tertiary/aromatic N) is 1. The van der Waals surface area contributed by atoms with Crippen molar-refractivity contribution in [3.05, 3.63) is 35.4 Å². The molecule has 0 saturated carbocycles. The molecule has 2 unspecified atom stereocenters. The van der Waals surface area contributed by atoms with Crippen molar-refractivity contribution in [2.45, 2.75) is 45.6 Å². The first-order valence-corrected chi connectivity index (χ1v) is 7.71. The molecular weight excluding hydrogens is 248 g/mol. The number of nitrogens with two attached hydrogens (primary N) is 1. The number of carbonyl (C=O) groups is 1. The second-order valence-corrected chi connectivity index (χ2v) is 5.88. The SMILES string of the molecule is Cc1ccccc1C1CCCN1C(=O)C(C)CCCN. The molecule has 0 radical (unpaired) electrons. The molecule has 2 atom stereocenters. The van der Waals surface area contributed by atoms with E-state index in [2.05, 4.69) is 36.1 Å². The zero-order valence-corrected chi connectivity index (χ0v) is 12.6. The van der Waals surface area contributed by atoms with Gasteiger partial charge in [-0.05, 0) is 50.3 Å². The van der Waals surface area contributed by atoms with Gasteiger partial charge in [0.2, 0.25) is 5.91 Å². The van der Waals surface area contributed by atoms with Crippen LogP contribution < -0.4 is 5.73 Å². The van der Waals surface area contributed by atoms with Crippen LogP contribution in [0.15, 0.2) is 24.3 Å². The summed E-state index contributed by atoms with van der Waals surface area (Å²) in [5, 5.41) is 0. The molecule has 1 heterocycles. The monoisotopic (exact) mass is 274 g/mol. The maximum atomic E-state index is 12.6. The number of benzene rings is 1. The van der Waals surface area contributed by atoms with Crippen LogP contribution in [0.2, 0.25) is 0 Å². The lowest BCUT2D eigenvalue weighted by molar-refractivity contribution is -0.136. The lowest BCUT2D eigenvalue weighted by Gasteiger charge is -2.29. The van der Waals surface area contributed by atoms with Crippen molar-refractivity contribution in [1.29, 1.82) is 0 Å². The largest absolute Gasteiger partial charge is 0.335 e. The van der Waals surface area contributed by atoms with E-state index < -0.39 is 0 Å². The molecule has 0 bridgehead atoms. The Kier molecular flexibility index (Phi) is 5.18. The maximum Gasteiger partial charge on any atom is 0.225 e. The summed E-state index contributed by atoms with van der Waals surface area (Å²) in [5.41, 5.74) is 8.14. The summed E-state index contributed by atoms with van der Waals surface area (Å²) < 4.78 is 0. The van der Waals surface area contributed by atoms with Gasteiger partial charge in [-0.15, -0.1) is 0 Å². The van der Waals surface area contributed by atoms with E-state index in [4.69, 9.17) is 5.73 Å². The number of hydrogen-bond acceptors (Lipinski definition) is 2. The highest BCUT2D eigenvalue weighted by Gasteiger charge is 2.32. The van der Waals surface area contributed by atoms with Gasteiger partial charge in [0.1, 0.15) is 0 Å².